The van der Waals surface area contributed by atoms with E-state index in [-0.39, 0.29) is 5.91 Å². The number of benzene rings is 2. The molecule has 3 aromatic rings. The number of rotatable bonds is 5. The van der Waals surface area contributed by atoms with Crippen molar-refractivity contribution >= 4 is 44.2 Å². The SMILES string of the molecule is Cc1ccc(C(=O)N(CCN(C)C)c2nc3ccc(Cl)cc3s2)cc1C. The van der Waals surface area contributed by atoms with E-state index in [2.05, 4.69) is 9.88 Å². The van der Waals surface area contributed by atoms with Crippen molar-refractivity contribution in [3.8, 4) is 0 Å². The van der Waals surface area contributed by atoms with Crippen molar-refractivity contribution in [1.29, 1.82) is 0 Å². The Kier molecular flexibility index (Phi) is 5.61. The topological polar surface area (TPSA) is 36.4 Å². The summed E-state index contributed by atoms with van der Waals surface area (Å²) >= 11 is 7.59. The fourth-order valence-corrected chi connectivity index (χ4v) is 3.88. The number of nitrogens with zero attached hydrogens (tertiary/aromatic N) is 3. The highest BCUT2D eigenvalue weighted by Gasteiger charge is 2.21. The van der Waals surface area contributed by atoms with Crippen LogP contribution in [0.3, 0.4) is 0 Å². The highest BCUT2D eigenvalue weighted by molar-refractivity contribution is 7.22. The predicted octanol–water partition coefficient (Wildman–Crippen LogP) is 4.77. The second kappa shape index (κ2) is 7.74. The number of anilines is 1. The van der Waals surface area contributed by atoms with Crippen molar-refractivity contribution in [3.05, 3.63) is 58.1 Å². The summed E-state index contributed by atoms with van der Waals surface area (Å²) < 4.78 is 0.982. The number of carbonyl (C=O) groups is 1. The van der Waals surface area contributed by atoms with E-state index in [9.17, 15) is 4.79 Å². The Morgan fingerprint density at radius 1 is 1.08 bits per heavy atom. The van der Waals surface area contributed by atoms with Gasteiger partial charge in [-0.3, -0.25) is 9.69 Å². The van der Waals surface area contributed by atoms with E-state index in [1.807, 2.05) is 64.3 Å². The summed E-state index contributed by atoms with van der Waals surface area (Å²) in [5.41, 5.74) is 3.83. The Morgan fingerprint density at radius 3 is 2.54 bits per heavy atom. The number of amides is 1. The van der Waals surface area contributed by atoms with Crippen LogP contribution in [-0.2, 0) is 0 Å². The van der Waals surface area contributed by atoms with Gasteiger partial charge in [0.1, 0.15) is 0 Å². The molecule has 0 spiro atoms. The number of aryl methyl sites for hydroxylation is 2. The van der Waals surface area contributed by atoms with Crippen molar-refractivity contribution in [2.24, 2.45) is 0 Å². The zero-order valence-corrected chi connectivity index (χ0v) is 17.0. The van der Waals surface area contributed by atoms with Gasteiger partial charge >= 0.3 is 0 Å². The molecule has 3 rings (SSSR count). The van der Waals surface area contributed by atoms with Gasteiger partial charge in [-0.15, -0.1) is 0 Å². The molecule has 1 aromatic heterocycles. The first-order chi connectivity index (χ1) is 12.3. The molecule has 4 nitrogen and oxygen atoms in total. The highest BCUT2D eigenvalue weighted by atomic mass is 35.5. The van der Waals surface area contributed by atoms with Gasteiger partial charge in [-0.05, 0) is 69.4 Å². The molecule has 0 N–H and O–H groups in total. The van der Waals surface area contributed by atoms with Crippen molar-refractivity contribution in [2.45, 2.75) is 13.8 Å². The third kappa shape index (κ3) is 4.06. The zero-order chi connectivity index (χ0) is 18.8. The summed E-state index contributed by atoms with van der Waals surface area (Å²) in [5, 5.41) is 1.38. The molecule has 2 aromatic carbocycles. The van der Waals surface area contributed by atoms with Crippen LogP contribution in [0.1, 0.15) is 21.5 Å². The molecule has 1 amide bonds. The highest BCUT2D eigenvalue weighted by Crippen LogP contribution is 2.31. The molecule has 0 atom stereocenters. The fraction of sp³-hybridized carbons (Fsp3) is 0.300. The third-order valence-electron chi connectivity index (χ3n) is 4.34. The largest absolute Gasteiger partial charge is 0.308 e. The average Bonchev–Trinajstić information content (AvgIpc) is 2.99. The minimum atomic E-state index is -0.0277. The van der Waals surface area contributed by atoms with Gasteiger partial charge in [0.05, 0.1) is 10.2 Å². The lowest BCUT2D eigenvalue weighted by molar-refractivity contribution is 0.0985. The molecular formula is C20H22ClN3OS. The Bertz CT molecular complexity index is 951. The van der Waals surface area contributed by atoms with E-state index >= 15 is 0 Å². The number of halogens is 1. The van der Waals surface area contributed by atoms with E-state index in [4.69, 9.17) is 11.6 Å². The Labute approximate surface area is 163 Å². The van der Waals surface area contributed by atoms with Crippen molar-refractivity contribution in [2.75, 3.05) is 32.1 Å². The lowest BCUT2D eigenvalue weighted by Gasteiger charge is -2.22. The van der Waals surface area contributed by atoms with Crippen LogP contribution in [0.5, 0.6) is 0 Å². The van der Waals surface area contributed by atoms with E-state index in [1.54, 1.807) is 4.90 Å². The van der Waals surface area contributed by atoms with E-state index < -0.39 is 0 Å². The standard InChI is InChI=1S/C20H22ClN3OS/c1-13-5-6-15(11-14(13)2)19(25)24(10-9-23(3)4)20-22-17-8-7-16(21)12-18(17)26-20/h5-8,11-12H,9-10H2,1-4H3. The lowest BCUT2D eigenvalue weighted by atomic mass is 10.1. The summed E-state index contributed by atoms with van der Waals surface area (Å²) in [6.07, 6.45) is 0. The number of likely N-dealkylation sites (N-methyl/N-ethyl adjacent to an activating group) is 1. The lowest BCUT2D eigenvalue weighted by Crippen LogP contribution is -2.36. The predicted molar refractivity (Wildman–Crippen MR) is 111 cm³/mol. The van der Waals surface area contributed by atoms with Gasteiger partial charge in [0.25, 0.3) is 5.91 Å². The van der Waals surface area contributed by atoms with Gasteiger partial charge in [0.2, 0.25) is 0 Å². The monoisotopic (exact) mass is 387 g/mol. The molecule has 0 aliphatic carbocycles. The maximum absolute atomic E-state index is 13.2. The first kappa shape index (κ1) is 18.8. The van der Waals surface area contributed by atoms with Gasteiger partial charge in [0, 0.05) is 23.7 Å². The van der Waals surface area contributed by atoms with Gasteiger partial charge in [0.15, 0.2) is 5.13 Å². The summed E-state index contributed by atoms with van der Waals surface area (Å²) in [4.78, 5) is 21.7. The van der Waals surface area contributed by atoms with E-state index in [0.717, 1.165) is 22.3 Å². The molecule has 0 aliphatic rings. The third-order valence-corrected chi connectivity index (χ3v) is 5.62. The van der Waals surface area contributed by atoms with Crippen LogP contribution in [0.25, 0.3) is 10.2 Å². The molecule has 6 heteroatoms. The Hall–Kier alpha value is -1.95. The number of fused-ring (bicyclic) bond motifs is 1. The molecule has 0 fully saturated rings. The average molecular weight is 388 g/mol. The summed E-state index contributed by atoms with van der Waals surface area (Å²) in [5.74, 6) is -0.0277. The van der Waals surface area contributed by atoms with Crippen LogP contribution >= 0.6 is 22.9 Å². The first-order valence-corrected chi connectivity index (χ1v) is 9.64. The Balaban J connectivity index is 1.99. The summed E-state index contributed by atoms with van der Waals surface area (Å²) in [6.45, 7) is 5.40. The molecule has 0 radical (unpaired) electrons. The number of hydrogen-bond donors (Lipinski definition) is 0. The van der Waals surface area contributed by atoms with Gasteiger partial charge in [-0.2, -0.15) is 0 Å². The molecule has 1 heterocycles. The molecule has 0 saturated carbocycles. The maximum Gasteiger partial charge on any atom is 0.260 e. The van der Waals surface area contributed by atoms with Gasteiger partial charge < -0.3 is 4.90 Å². The van der Waals surface area contributed by atoms with Crippen molar-refractivity contribution < 1.29 is 4.79 Å². The zero-order valence-electron chi connectivity index (χ0n) is 15.4. The molecule has 0 aliphatic heterocycles. The van der Waals surface area contributed by atoms with E-state index in [1.165, 1.54) is 16.9 Å². The first-order valence-electron chi connectivity index (χ1n) is 8.45. The number of aromatic nitrogens is 1. The normalized spacial score (nSPS) is 11.3. The molecule has 0 unspecified atom stereocenters. The molecule has 0 bridgehead atoms. The minimum absolute atomic E-state index is 0.0277. The van der Waals surface area contributed by atoms with Crippen LogP contribution in [0.4, 0.5) is 5.13 Å². The molecule has 136 valence electrons. The minimum Gasteiger partial charge on any atom is -0.308 e. The van der Waals surface area contributed by atoms with Crippen LogP contribution in [0, 0.1) is 13.8 Å². The fourth-order valence-electron chi connectivity index (χ4n) is 2.62. The van der Waals surface area contributed by atoms with Crippen molar-refractivity contribution in [1.82, 2.24) is 9.88 Å². The molecule has 0 saturated heterocycles. The van der Waals surface area contributed by atoms with Gasteiger partial charge in [-0.1, -0.05) is 29.0 Å². The smallest absolute Gasteiger partial charge is 0.260 e. The second-order valence-electron chi connectivity index (χ2n) is 6.67. The van der Waals surface area contributed by atoms with Crippen LogP contribution in [-0.4, -0.2) is 43.0 Å². The van der Waals surface area contributed by atoms with Crippen LogP contribution in [0.15, 0.2) is 36.4 Å². The summed E-state index contributed by atoms with van der Waals surface area (Å²) in [6, 6.07) is 11.4. The van der Waals surface area contributed by atoms with Crippen LogP contribution < -0.4 is 4.90 Å². The molecular weight excluding hydrogens is 366 g/mol. The van der Waals surface area contributed by atoms with E-state index in [0.29, 0.717) is 22.3 Å². The number of thiazole rings is 1. The summed E-state index contributed by atoms with van der Waals surface area (Å²) in [7, 11) is 3.99. The van der Waals surface area contributed by atoms with Crippen molar-refractivity contribution in [3.63, 3.8) is 0 Å². The number of hydrogen-bond acceptors (Lipinski definition) is 4. The second-order valence-corrected chi connectivity index (χ2v) is 8.11. The quantitative estimate of drug-likeness (QED) is 0.632. The number of carbonyl (C=O) groups excluding carboxylic acids is 1. The maximum atomic E-state index is 13.2. The molecule has 26 heavy (non-hydrogen) atoms. The van der Waals surface area contributed by atoms with Gasteiger partial charge in [-0.25, -0.2) is 4.98 Å². The Morgan fingerprint density at radius 2 is 1.85 bits per heavy atom. The van der Waals surface area contributed by atoms with Crippen LogP contribution in [0.2, 0.25) is 5.02 Å².